The molecular weight excluding hydrogens is 323 g/mol. The number of ether oxygens (including phenoxy) is 1. The number of pyridine rings is 1. The van der Waals surface area contributed by atoms with E-state index in [4.69, 9.17) is 40.5 Å². The van der Waals surface area contributed by atoms with Crippen LogP contribution < -0.4 is 5.73 Å². The second kappa shape index (κ2) is 5.87. The highest BCUT2D eigenvalue weighted by molar-refractivity contribution is 6.42. The van der Waals surface area contributed by atoms with Crippen LogP contribution >= 0.6 is 34.8 Å². The number of hydrogen-bond acceptors (Lipinski definition) is 4. The highest BCUT2D eigenvalue weighted by Gasteiger charge is 2.16. The molecule has 0 radical (unpaired) electrons. The van der Waals surface area contributed by atoms with Crippen LogP contribution in [0.25, 0.3) is 11.1 Å². The Morgan fingerprint density at radius 2 is 1.80 bits per heavy atom. The third-order valence-electron chi connectivity index (χ3n) is 2.60. The number of hydrogen-bond donors (Lipinski definition) is 1. The van der Waals surface area contributed by atoms with Gasteiger partial charge in [0.25, 0.3) is 0 Å². The summed E-state index contributed by atoms with van der Waals surface area (Å²) < 4.78 is 4.57. The van der Waals surface area contributed by atoms with Gasteiger partial charge in [-0.2, -0.15) is 0 Å². The molecule has 0 fully saturated rings. The average molecular weight is 332 g/mol. The lowest BCUT2D eigenvalue weighted by Gasteiger charge is -2.11. The molecular formula is C13H9Cl3N2O2. The van der Waals surface area contributed by atoms with Crippen LogP contribution in [-0.4, -0.2) is 18.1 Å². The number of halogens is 3. The average Bonchev–Trinajstić information content (AvgIpc) is 2.38. The summed E-state index contributed by atoms with van der Waals surface area (Å²) in [6, 6.07) is 6.20. The molecule has 0 bridgehead atoms. The fourth-order valence-corrected chi connectivity index (χ4v) is 2.72. The Balaban J connectivity index is 2.57. The van der Waals surface area contributed by atoms with Crippen molar-refractivity contribution in [3.63, 3.8) is 0 Å². The first-order chi connectivity index (χ1) is 9.43. The minimum absolute atomic E-state index is 0.106. The quantitative estimate of drug-likeness (QED) is 0.842. The van der Waals surface area contributed by atoms with Gasteiger partial charge in [0, 0.05) is 16.1 Å². The summed E-state index contributed by atoms with van der Waals surface area (Å²) in [6.07, 6.45) is 0. The van der Waals surface area contributed by atoms with Crippen LogP contribution in [0.2, 0.25) is 15.1 Å². The Kier molecular flexibility index (Phi) is 4.38. The summed E-state index contributed by atoms with van der Waals surface area (Å²) >= 11 is 18.1. The molecule has 0 saturated heterocycles. The van der Waals surface area contributed by atoms with Gasteiger partial charge in [0.2, 0.25) is 0 Å². The molecule has 0 aliphatic rings. The number of anilines is 1. The SMILES string of the molecule is COC(=O)c1ccc(-c2c(Cl)cc(Cl)cc2Cl)c(N)n1. The summed E-state index contributed by atoms with van der Waals surface area (Å²) in [5.74, 6) is -0.449. The lowest BCUT2D eigenvalue weighted by Crippen LogP contribution is -2.07. The van der Waals surface area contributed by atoms with Crippen molar-refractivity contribution in [2.24, 2.45) is 0 Å². The molecule has 0 atom stereocenters. The largest absolute Gasteiger partial charge is 0.464 e. The van der Waals surface area contributed by atoms with Crippen LogP contribution in [-0.2, 0) is 4.74 Å². The van der Waals surface area contributed by atoms with Crippen molar-refractivity contribution in [3.8, 4) is 11.1 Å². The highest BCUT2D eigenvalue weighted by atomic mass is 35.5. The lowest BCUT2D eigenvalue weighted by atomic mass is 10.1. The Labute approximate surface area is 130 Å². The summed E-state index contributed by atoms with van der Waals surface area (Å²) in [7, 11) is 1.26. The molecule has 104 valence electrons. The maximum Gasteiger partial charge on any atom is 0.356 e. The molecule has 2 N–H and O–H groups in total. The highest BCUT2D eigenvalue weighted by Crippen LogP contribution is 2.39. The van der Waals surface area contributed by atoms with Crippen molar-refractivity contribution < 1.29 is 9.53 Å². The first-order valence-corrected chi connectivity index (χ1v) is 6.57. The van der Waals surface area contributed by atoms with Crippen LogP contribution in [0.1, 0.15) is 10.5 Å². The number of nitrogen functional groups attached to an aromatic ring is 1. The summed E-state index contributed by atoms with van der Waals surface area (Å²) in [5.41, 5.74) is 6.99. The molecule has 2 aromatic rings. The molecule has 1 aromatic carbocycles. The molecule has 1 heterocycles. The number of esters is 1. The first kappa shape index (κ1) is 14.9. The van der Waals surface area contributed by atoms with E-state index in [1.165, 1.54) is 13.2 Å². The zero-order valence-electron chi connectivity index (χ0n) is 10.3. The van der Waals surface area contributed by atoms with Crippen LogP contribution in [0.5, 0.6) is 0 Å². The standard InChI is InChI=1S/C13H9Cl3N2O2/c1-20-13(19)10-3-2-7(12(17)18-10)11-8(15)4-6(14)5-9(11)16/h2-5H,1H3,(H2,17,18). The van der Waals surface area contributed by atoms with Gasteiger partial charge in [-0.1, -0.05) is 34.8 Å². The Bertz CT molecular complexity index is 666. The Morgan fingerprint density at radius 1 is 1.20 bits per heavy atom. The summed E-state index contributed by atoms with van der Waals surface area (Å²) in [5, 5.41) is 1.12. The number of carbonyl (C=O) groups excluding carboxylic acids is 1. The molecule has 0 aliphatic heterocycles. The number of rotatable bonds is 2. The maximum atomic E-state index is 11.4. The Hall–Kier alpha value is -1.49. The van der Waals surface area contributed by atoms with Crippen LogP contribution in [0, 0.1) is 0 Å². The van der Waals surface area contributed by atoms with Gasteiger partial charge < -0.3 is 10.5 Å². The minimum atomic E-state index is -0.573. The second-order valence-electron chi connectivity index (χ2n) is 3.87. The number of nitrogens with two attached hydrogens (primary N) is 1. The van der Waals surface area contributed by atoms with Gasteiger partial charge in [0.05, 0.1) is 17.2 Å². The van der Waals surface area contributed by atoms with Crippen molar-refractivity contribution in [1.82, 2.24) is 4.98 Å². The zero-order valence-corrected chi connectivity index (χ0v) is 12.6. The third kappa shape index (κ3) is 2.82. The van der Waals surface area contributed by atoms with Crippen molar-refractivity contribution >= 4 is 46.6 Å². The van der Waals surface area contributed by atoms with E-state index in [9.17, 15) is 4.79 Å². The zero-order chi connectivity index (χ0) is 14.9. The third-order valence-corrected chi connectivity index (χ3v) is 3.41. The fourth-order valence-electron chi connectivity index (χ4n) is 1.70. The Morgan fingerprint density at radius 3 is 2.30 bits per heavy atom. The first-order valence-electron chi connectivity index (χ1n) is 5.43. The molecule has 0 unspecified atom stereocenters. The van der Waals surface area contributed by atoms with E-state index in [1.54, 1.807) is 18.2 Å². The number of carbonyl (C=O) groups is 1. The van der Waals surface area contributed by atoms with Gasteiger partial charge in [-0.25, -0.2) is 9.78 Å². The van der Waals surface area contributed by atoms with Crippen molar-refractivity contribution in [3.05, 3.63) is 45.0 Å². The lowest BCUT2D eigenvalue weighted by molar-refractivity contribution is 0.0594. The van der Waals surface area contributed by atoms with E-state index in [0.717, 1.165) is 0 Å². The summed E-state index contributed by atoms with van der Waals surface area (Å²) in [4.78, 5) is 15.4. The van der Waals surface area contributed by atoms with E-state index >= 15 is 0 Å². The van der Waals surface area contributed by atoms with E-state index in [-0.39, 0.29) is 11.5 Å². The number of methoxy groups -OCH3 is 1. The van der Waals surface area contributed by atoms with Crippen LogP contribution in [0.15, 0.2) is 24.3 Å². The number of benzene rings is 1. The normalized spacial score (nSPS) is 10.4. The van der Waals surface area contributed by atoms with Crippen LogP contribution in [0.4, 0.5) is 5.82 Å². The molecule has 1 aromatic heterocycles. The number of aromatic nitrogens is 1. The van der Waals surface area contributed by atoms with Crippen molar-refractivity contribution in [2.75, 3.05) is 12.8 Å². The molecule has 4 nitrogen and oxygen atoms in total. The topological polar surface area (TPSA) is 65.2 Å². The van der Waals surface area contributed by atoms with Gasteiger partial charge >= 0.3 is 5.97 Å². The van der Waals surface area contributed by atoms with Crippen molar-refractivity contribution in [2.45, 2.75) is 0 Å². The molecule has 7 heteroatoms. The maximum absolute atomic E-state index is 11.4. The molecule has 20 heavy (non-hydrogen) atoms. The monoisotopic (exact) mass is 330 g/mol. The van der Waals surface area contributed by atoms with E-state index < -0.39 is 5.97 Å². The minimum Gasteiger partial charge on any atom is -0.464 e. The van der Waals surface area contributed by atoms with Gasteiger partial charge in [0.1, 0.15) is 5.82 Å². The fraction of sp³-hybridized carbons (Fsp3) is 0.0769. The van der Waals surface area contributed by atoms with Gasteiger partial charge in [-0.05, 0) is 24.3 Å². The predicted molar refractivity (Wildman–Crippen MR) is 80.5 cm³/mol. The van der Waals surface area contributed by atoms with Crippen molar-refractivity contribution in [1.29, 1.82) is 0 Å². The smallest absolute Gasteiger partial charge is 0.356 e. The van der Waals surface area contributed by atoms with Gasteiger partial charge in [-0.15, -0.1) is 0 Å². The van der Waals surface area contributed by atoms with E-state index in [0.29, 0.717) is 26.2 Å². The molecule has 0 spiro atoms. The van der Waals surface area contributed by atoms with Gasteiger partial charge in [-0.3, -0.25) is 0 Å². The number of nitrogens with zero attached hydrogens (tertiary/aromatic N) is 1. The molecule has 0 amide bonds. The second-order valence-corrected chi connectivity index (χ2v) is 5.12. The van der Waals surface area contributed by atoms with E-state index in [1.807, 2.05) is 0 Å². The summed E-state index contributed by atoms with van der Waals surface area (Å²) in [6.45, 7) is 0. The molecule has 0 aliphatic carbocycles. The predicted octanol–water partition coefficient (Wildman–Crippen LogP) is 4.08. The molecule has 2 rings (SSSR count). The van der Waals surface area contributed by atoms with E-state index in [2.05, 4.69) is 9.72 Å². The van der Waals surface area contributed by atoms with Crippen LogP contribution in [0.3, 0.4) is 0 Å². The molecule has 0 saturated carbocycles. The van der Waals surface area contributed by atoms with Gasteiger partial charge in [0.15, 0.2) is 5.69 Å².